The molecule has 1 saturated heterocycles. The fourth-order valence-electron chi connectivity index (χ4n) is 2.54. The molecule has 1 aromatic heterocycles. The first kappa shape index (κ1) is 13.4. The number of piperidine rings is 1. The molecule has 0 radical (unpaired) electrons. The standard InChI is InChI=1S/C13H22N4O/c1-2-18-11-4-7-17(8-5-11)13(9-14)12-3-6-15-10-16-12/h3,6,10-11,13H,2,4-5,7-9,14H2,1H3. The lowest BCUT2D eigenvalue weighted by atomic mass is 10.0. The summed E-state index contributed by atoms with van der Waals surface area (Å²) >= 11 is 0. The smallest absolute Gasteiger partial charge is 0.115 e. The monoisotopic (exact) mass is 250 g/mol. The average Bonchev–Trinajstić information content (AvgIpc) is 2.43. The quantitative estimate of drug-likeness (QED) is 0.844. The van der Waals surface area contributed by atoms with Crippen LogP contribution < -0.4 is 5.73 Å². The molecule has 5 heteroatoms. The molecule has 0 saturated carbocycles. The van der Waals surface area contributed by atoms with Crippen molar-refractivity contribution in [2.45, 2.75) is 31.9 Å². The van der Waals surface area contributed by atoms with E-state index in [9.17, 15) is 0 Å². The Balaban J connectivity index is 1.95. The zero-order valence-electron chi connectivity index (χ0n) is 11.0. The van der Waals surface area contributed by atoms with Crippen LogP contribution in [0.15, 0.2) is 18.6 Å². The molecule has 2 N–H and O–H groups in total. The number of rotatable bonds is 5. The molecular weight excluding hydrogens is 228 g/mol. The van der Waals surface area contributed by atoms with Gasteiger partial charge in [-0.3, -0.25) is 4.90 Å². The lowest BCUT2D eigenvalue weighted by Crippen LogP contribution is -2.42. The second kappa shape index (κ2) is 6.78. The number of aromatic nitrogens is 2. The third-order valence-corrected chi connectivity index (χ3v) is 3.49. The van der Waals surface area contributed by atoms with E-state index in [0.29, 0.717) is 12.6 Å². The second-order valence-electron chi connectivity index (χ2n) is 4.58. The van der Waals surface area contributed by atoms with Crippen molar-refractivity contribution in [3.05, 3.63) is 24.3 Å². The third kappa shape index (κ3) is 3.25. The molecule has 0 aliphatic carbocycles. The van der Waals surface area contributed by atoms with E-state index in [-0.39, 0.29) is 6.04 Å². The van der Waals surface area contributed by atoms with E-state index < -0.39 is 0 Å². The molecule has 1 unspecified atom stereocenters. The van der Waals surface area contributed by atoms with Gasteiger partial charge >= 0.3 is 0 Å². The molecular formula is C13H22N4O. The summed E-state index contributed by atoms with van der Waals surface area (Å²) in [7, 11) is 0. The number of hydrogen-bond donors (Lipinski definition) is 1. The van der Waals surface area contributed by atoms with E-state index in [1.807, 2.05) is 6.07 Å². The third-order valence-electron chi connectivity index (χ3n) is 3.49. The van der Waals surface area contributed by atoms with Crippen molar-refractivity contribution in [1.82, 2.24) is 14.9 Å². The van der Waals surface area contributed by atoms with Gasteiger partial charge in [-0.2, -0.15) is 0 Å². The summed E-state index contributed by atoms with van der Waals surface area (Å²) < 4.78 is 5.67. The zero-order chi connectivity index (χ0) is 12.8. The minimum atomic E-state index is 0.204. The number of nitrogens with zero attached hydrogens (tertiary/aromatic N) is 3. The van der Waals surface area contributed by atoms with Crippen molar-refractivity contribution in [3.63, 3.8) is 0 Å². The van der Waals surface area contributed by atoms with Crippen LogP contribution in [0.3, 0.4) is 0 Å². The molecule has 0 spiro atoms. The molecule has 1 aromatic rings. The van der Waals surface area contributed by atoms with Crippen molar-refractivity contribution in [2.24, 2.45) is 5.73 Å². The van der Waals surface area contributed by atoms with Crippen LogP contribution in [-0.2, 0) is 4.74 Å². The van der Waals surface area contributed by atoms with Gasteiger partial charge in [0, 0.05) is 32.4 Å². The largest absolute Gasteiger partial charge is 0.378 e. The highest BCUT2D eigenvalue weighted by Crippen LogP contribution is 2.23. The van der Waals surface area contributed by atoms with E-state index in [0.717, 1.165) is 38.2 Å². The van der Waals surface area contributed by atoms with Crippen molar-refractivity contribution in [1.29, 1.82) is 0 Å². The maximum absolute atomic E-state index is 5.90. The molecule has 2 heterocycles. The lowest BCUT2D eigenvalue weighted by Gasteiger charge is -2.36. The Labute approximate surface area is 108 Å². The Kier molecular flexibility index (Phi) is 5.04. The minimum absolute atomic E-state index is 0.204. The lowest BCUT2D eigenvalue weighted by molar-refractivity contribution is 0.00407. The van der Waals surface area contributed by atoms with Gasteiger partial charge < -0.3 is 10.5 Å². The summed E-state index contributed by atoms with van der Waals surface area (Å²) in [5.74, 6) is 0. The highest BCUT2D eigenvalue weighted by molar-refractivity contribution is 5.06. The Bertz CT molecular complexity index is 338. The van der Waals surface area contributed by atoms with Crippen molar-refractivity contribution in [2.75, 3.05) is 26.2 Å². The topological polar surface area (TPSA) is 64.3 Å². The maximum Gasteiger partial charge on any atom is 0.115 e. The molecule has 18 heavy (non-hydrogen) atoms. The van der Waals surface area contributed by atoms with Crippen molar-refractivity contribution in [3.8, 4) is 0 Å². The van der Waals surface area contributed by atoms with Crippen LogP contribution in [-0.4, -0.2) is 47.2 Å². The first-order valence-corrected chi connectivity index (χ1v) is 6.66. The Morgan fingerprint density at radius 3 is 2.83 bits per heavy atom. The highest BCUT2D eigenvalue weighted by atomic mass is 16.5. The van der Waals surface area contributed by atoms with E-state index in [1.165, 1.54) is 0 Å². The zero-order valence-corrected chi connectivity index (χ0v) is 11.0. The molecule has 5 nitrogen and oxygen atoms in total. The van der Waals surface area contributed by atoms with E-state index in [2.05, 4.69) is 21.8 Å². The predicted molar refractivity (Wildman–Crippen MR) is 70.0 cm³/mol. The summed E-state index contributed by atoms with van der Waals surface area (Å²) in [5, 5.41) is 0. The van der Waals surface area contributed by atoms with Gasteiger partial charge in [0.1, 0.15) is 6.33 Å². The summed E-state index contributed by atoms with van der Waals surface area (Å²) in [6, 6.07) is 2.15. The second-order valence-corrected chi connectivity index (χ2v) is 4.58. The van der Waals surface area contributed by atoms with Gasteiger partial charge in [-0.25, -0.2) is 9.97 Å². The molecule has 2 rings (SSSR count). The van der Waals surface area contributed by atoms with Crippen molar-refractivity contribution < 1.29 is 4.74 Å². The van der Waals surface area contributed by atoms with Gasteiger partial charge in [0.2, 0.25) is 0 Å². The van der Waals surface area contributed by atoms with Gasteiger partial charge in [-0.1, -0.05) is 0 Å². The van der Waals surface area contributed by atoms with E-state index in [4.69, 9.17) is 10.5 Å². The van der Waals surface area contributed by atoms with Gasteiger partial charge in [0.25, 0.3) is 0 Å². The molecule has 1 aliphatic rings. The van der Waals surface area contributed by atoms with E-state index in [1.54, 1.807) is 12.5 Å². The minimum Gasteiger partial charge on any atom is -0.378 e. The first-order chi connectivity index (χ1) is 8.85. The molecule has 1 fully saturated rings. The number of hydrogen-bond acceptors (Lipinski definition) is 5. The van der Waals surface area contributed by atoms with E-state index >= 15 is 0 Å². The van der Waals surface area contributed by atoms with Gasteiger partial charge in [-0.05, 0) is 25.8 Å². The summed E-state index contributed by atoms with van der Waals surface area (Å²) in [4.78, 5) is 10.7. The van der Waals surface area contributed by atoms with Crippen LogP contribution in [0.5, 0.6) is 0 Å². The fourth-order valence-corrected chi connectivity index (χ4v) is 2.54. The molecule has 100 valence electrons. The summed E-state index contributed by atoms with van der Waals surface area (Å²) in [6.45, 7) is 5.50. The van der Waals surface area contributed by atoms with Crippen LogP contribution in [0.25, 0.3) is 0 Å². The molecule has 1 aliphatic heterocycles. The molecule has 0 aromatic carbocycles. The Morgan fingerprint density at radius 1 is 1.50 bits per heavy atom. The maximum atomic E-state index is 5.90. The fraction of sp³-hybridized carbons (Fsp3) is 0.692. The SMILES string of the molecule is CCOC1CCN(C(CN)c2ccncn2)CC1. The normalized spacial score (nSPS) is 19.9. The number of nitrogens with two attached hydrogens (primary N) is 1. The van der Waals surface area contributed by atoms with Crippen LogP contribution in [0, 0.1) is 0 Å². The highest BCUT2D eigenvalue weighted by Gasteiger charge is 2.26. The molecule has 0 amide bonds. The van der Waals surface area contributed by atoms with Gasteiger partial charge in [-0.15, -0.1) is 0 Å². The average molecular weight is 250 g/mol. The van der Waals surface area contributed by atoms with Crippen LogP contribution in [0.4, 0.5) is 0 Å². The Hall–Kier alpha value is -1.04. The van der Waals surface area contributed by atoms with Crippen molar-refractivity contribution >= 4 is 0 Å². The van der Waals surface area contributed by atoms with Crippen LogP contribution in [0.2, 0.25) is 0 Å². The van der Waals surface area contributed by atoms with Gasteiger partial charge in [0.05, 0.1) is 17.8 Å². The number of likely N-dealkylation sites (tertiary alicyclic amines) is 1. The Morgan fingerprint density at radius 2 is 2.28 bits per heavy atom. The first-order valence-electron chi connectivity index (χ1n) is 6.66. The van der Waals surface area contributed by atoms with Crippen LogP contribution in [0.1, 0.15) is 31.5 Å². The van der Waals surface area contributed by atoms with Crippen LogP contribution >= 0.6 is 0 Å². The number of ether oxygens (including phenoxy) is 1. The summed E-state index contributed by atoms with van der Waals surface area (Å²) in [6.07, 6.45) is 5.93. The van der Waals surface area contributed by atoms with Gasteiger partial charge in [0.15, 0.2) is 0 Å². The predicted octanol–water partition coefficient (Wildman–Crippen LogP) is 0.977. The molecule has 0 bridgehead atoms. The summed E-state index contributed by atoms with van der Waals surface area (Å²) in [5.41, 5.74) is 6.91. The molecule has 1 atom stereocenters.